The molecule has 0 fully saturated rings. The van der Waals surface area contributed by atoms with E-state index in [0.29, 0.717) is 11.8 Å². The van der Waals surface area contributed by atoms with Gasteiger partial charge in [-0.15, -0.1) is 0 Å². The van der Waals surface area contributed by atoms with E-state index in [1.165, 1.54) is 0 Å². The minimum Gasteiger partial charge on any atom is -0.304 e. The SMILES string of the molecule is CC1=NNC(=O)N(NC(=O)Nc2ccc(F)cc2F)C1. The fraction of sp³-hybridized carbons (Fsp3) is 0.182. The van der Waals surface area contributed by atoms with Crippen molar-refractivity contribution in [2.75, 3.05) is 11.9 Å². The van der Waals surface area contributed by atoms with Gasteiger partial charge in [-0.05, 0) is 19.1 Å². The van der Waals surface area contributed by atoms with Crippen molar-refractivity contribution < 1.29 is 18.4 Å². The highest BCUT2D eigenvalue weighted by Gasteiger charge is 2.21. The van der Waals surface area contributed by atoms with Gasteiger partial charge in [0, 0.05) is 6.07 Å². The van der Waals surface area contributed by atoms with Crippen LogP contribution in [0.15, 0.2) is 23.3 Å². The van der Waals surface area contributed by atoms with Crippen LogP contribution >= 0.6 is 0 Å². The van der Waals surface area contributed by atoms with Gasteiger partial charge in [-0.2, -0.15) is 5.10 Å². The highest BCUT2D eigenvalue weighted by Crippen LogP contribution is 2.14. The Balaban J connectivity index is 1.99. The number of hydrazine groups is 1. The number of hydrogen-bond acceptors (Lipinski definition) is 3. The number of nitrogens with one attached hydrogen (secondary N) is 3. The molecule has 0 aliphatic carbocycles. The second-order valence-corrected chi connectivity index (χ2v) is 4.04. The summed E-state index contributed by atoms with van der Waals surface area (Å²) in [6.45, 7) is 1.76. The Morgan fingerprint density at radius 1 is 1.45 bits per heavy atom. The van der Waals surface area contributed by atoms with E-state index in [-0.39, 0.29) is 12.2 Å². The van der Waals surface area contributed by atoms with E-state index in [1.807, 2.05) is 0 Å². The van der Waals surface area contributed by atoms with Crippen LogP contribution in [0.3, 0.4) is 0 Å². The van der Waals surface area contributed by atoms with Gasteiger partial charge in [0.2, 0.25) is 0 Å². The van der Waals surface area contributed by atoms with Gasteiger partial charge in [-0.1, -0.05) is 0 Å². The molecule has 20 heavy (non-hydrogen) atoms. The maximum absolute atomic E-state index is 13.3. The monoisotopic (exact) mass is 283 g/mol. The Morgan fingerprint density at radius 3 is 2.90 bits per heavy atom. The molecule has 2 rings (SSSR count). The molecule has 0 atom stereocenters. The first kappa shape index (κ1) is 13.7. The fourth-order valence-electron chi connectivity index (χ4n) is 1.49. The molecule has 0 saturated carbocycles. The third kappa shape index (κ3) is 3.19. The van der Waals surface area contributed by atoms with Crippen molar-refractivity contribution in [1.82, 2.24) is 15.9 Å². The van der Waals surface area contributed by atoms with Gasteiger partial charge in [0.25, 0.3) is 0 Å². The summed E-state index contributed by atoms with van der Waals surface area (Å²) in [4.78, 5) is 23.0. The summed E-state index contributed by atoms with van der Waals surface area (Å²) in [7, 11) is 0. The smallest absolute Gasteiger partial charge is 0.304 e. The minimum atomic E-state index is -0.916. The quantitative estimate of drug-likeness (QED) is 0.766. The molecule has 0 radical (unpaired) electrons. The highest BCUT2D eigenvalue weighted by atomic mass is 19.1. The van der Waals surface area contributed by atoms with Gasteiger partial charge in [0.05, 0.1) is 17.9 Å². The van der Waals surface area contributed by atoms with Crippen LogP contribution in [-0.2, 0) is 0 Å². The number of benzene rings is 1. The van der Waals surface area contributed by atoms with Crippen LogP contribution in [-0.4, -0.2) is 29.3 Å². The van der Waals surface area contributed by atoms with Crippen LogP contribution in [0.25, 0.3) is 0 Å². The molecule has 0 unspecified atom stereocenters. The number of carbonyl (C=O) groups excluding carboxylic acids is 2. The van der Waals surface area contributed by atoms with Crippen molar-refractivity contribution in [1.29, 1.82) is 0 Å². The zero-order valence-corrected chi connectivity index (χ0v) is 10.4. The number of hydrogen-bond donors (Lipinski definition) is 3. The molecule has 9 heteroatoms. The molecule has 1 aromatic rings. The average molecular weight is 283 g/mol. The normalized spacial score (nSPS) is 14.4. The maximum atomic E-state index is 13.3. The lowest BCUT2D eigenvalue weighted by Crippen LogP contribution is -2.55. The Kier molecular flexibility index (Phi) is 3.78. The molecule has 1 aliphatic rings. The van der Waals surface area contributed by atoms with E-state index in [4.69, 9.17) is 0 Å². The maximum Gasteiger partial charge on any atom is 0.356 e. The fourth-order valence-corrected chi connectivity index (χ4v) is 1.49. The number of amides is 4. The third-order valence-corrected chi connectivity index (χ3v) is 2.39. The third-order valence-electron chi connectivity index (χ3n) is 2.39. The Labute approximate surface area is 112 Å². The molecule has 1 aromatic carbocycles. The van der Waals surface area contributed by atoms with Crippen molar-refractivity contribution in [3.05, 3.63) is 29.8 Å². The molecule has 7 nitrogen and oxygen atoms in total. The van der Waals surface area contributed by atoms with Gasteiger partial charge in [0.15, 0.2) is 0 Å². The lowest BCUT2D eigenvalue weighted by molar-refractivity contribution is 0.177. The number of rotatable bonds is 2. The van der Waals surface area contributed by atoms with Gasteiger partial charge < -0.3 is 5.32 Å². The second kappa shape index (κ2) is 5.51. The minimum absolute atomic E-state index is 0.102. The molecule has 3 N–H and O–H groups in total. The van der Waals surface area contributed by atoms with E-state index in [2.05, 4.69) is 21.3 Å². The summed E-state index contributed by atoms with van der Waals surface area (Å²) in [6.07, 6.45) is 0. The van der Waals surface area contributed by atoms with Crippen molar-refractivity contribution >= 4 is 23.5 Å². The largest absolute Gasteiger partial charge is 0.356 e. The van der Waals surface area contributed by atoms with Crippen molar-refractivity contribution in [2.24, 2.45) is 5.10 Å². The van der Waals surface area contributed by atoms with Gasteiger partial charge in [-0.25, -0.2) is 34.2 Å². The predicted molar refractivity (Wildman–Crippen MR) is 66.9 cm³/mol. The van der Waals surface area contributed by atoms with Crippen molar-refractivity contribution in [3.63, 3.8) is 0 Å². The number of urea groups is 2. The molecule has 4 amide bonds. The standard InChI is InChI=1S/C11H11F2N5O2/c1-6-5-18(11(20)16-15-6)17-10(19)14-9-3-2-7(12)4-8(9)13/h2-4H,5H2,1H3,(H,16,20)(H2,14,17,19). The molecule has 106 valence electrons. The lowest BCUT2D eigenvalue weighted by atomic mass is 10.3. The summed E-state index contributed by atoms with van der Waals surface area (Å²) < 4.78 is 26.0. The first-order valence-electron chi connectivity index (χ1n) is 5.59. The average Bonchev–Trinajstić information content (AvgIpc) is 2.37. The Hall–Kier alpha value is -2.71. The lowest BCUT2D eigenvalue weighted by Gasteiger charge is -2.25. The molecular formula is C11H11F2N5O2. The van der Waals surface area contributed by atoms with Crippen LogP contribution in [0.5, 0.6) is 0 Å². The second-order valence-electron chi connectivity index (χ2n) is 4.04. The van der Waals surface area contributed by atoms with Crippen LogP contribution in [0.2, 0.25) is 0 Å². The zero-order chi connectivity index (χ0) is 14.7. The summed E-state index contributed by atoms with van der Waals surface area (Å²) in [6, 6.07) is 1.27. The van der Waals surface area contributed by atoms with E-state index in [9.17, 15) is 18.4 Å². The highest BCUT2D eigenvalue weighted by molar-refractivity contribution is 5.95. The van der Waals surface area contributed by atoms with Crippen LogP contribution in [0.4, 0.5) is 24.1 Å². The van der Waals surface area contributed by atoms with Crippen LogP contribution in [0, 0.1) is 11.6 Å². The van der Waals surface area contributed by atoms with E-state index < -0.39 is 23.7 Å². The topological polar surface area (TPSA) is 85.8 Å². The molecule has 0 bridgehead atoms. The molecule has 0 saturated heterocycles. The first-order chi connectivity index (χ1) is 9.45. The molecule has 0 spiro atoms. The zero-order valence-electron chi connectivity index (χ0n) is 10.4. The van der Waals surface area contributed by atoms with Gasteiger partial charge >= 0.3 is 12.1 Å². The van der Waals surface area contributed by atoms with Gasteiger partial charge in [0.1, 0.15) is 11.6 Å². The predicted octanol–water partition coefficient (Wildman–Crippen LogP) is 1.40. The van der Waals surface area contributed by atoms with Crippen molar-refractivity contribution in [3.8, 4) is 0 Å². The number of halogens is 2. The van der Waals surface area contributed by atoms with E-state index in [1.54, 1.807) is 6.92 Å². The molecule has 1 aliphatic heterocycles. The Bertz CT molecular complexity index is 590. The number of anilines is 1. The molecule has 1 heterocycles. The summed E-state index contributed by atoms with van der Waals surface area (Å²) in [5, 5.41) is 6.82. The van der Waals surface area contributed by atoms with Crippen LogP contribution < -0.4 is 16.2 Å². The summed E-state index contributed by atoms with van der Waals surface area (Å²) >= 11 is 0. The summed E-state index contributed by atoms with van der Waals surface area (Å²) in [5.41, 5.74) is 4.78. The van der Waals surface area contributed by atoms with Gasteiger partial charge in [-0.3, -0.25) is 0 Å². The summed E-state index contributed by atoms with van der Waals surface area (Å²) in [5.74, 6) is -1.67. The molecular weight excluding hydrogens is 272 g/mol. The van der Waals surface area contributed by atoms with Crippen LogP contribution in [0.1, 0.15) is 6.92 Å². The van der Waals surface area contributed by atoms with E-state index >= 15 is 0 Å². The van der Waals surface area contributed by atoms with E-state index in [0.717, 1.165) is 17.1 Å². The molecule has 0 aromatic heterocycles. The van der Waals surface area contributed by atoms with Crippen molar-refractivity contribution in [2.45, 2.75) is 6.92 Å². The Morgan fingerprint density at radius 2 is 2.20 bits per heavy atom. The number of hydrazone groups is 1. The number of nitrogens with zero attached hydrogens (tertiary/aromatic N) is 2. The number of carbonyl (C=O) groups is 2. The first-order valence-corrected chi connectivity index (χ1v) is 5.59.